The maximum atomic E-state index is 12.2. The Morgan fingerprint density at radius 3 is 2.62 bits per heavy atom. The van der Waals surface area contributed by atoms with Crippen molar-refractivity contribution in [3.8, 4) is 11.5 Å². The molecule has 0 saturated heterocycles. The van der Waals surface area contributed by atoms with E-state index < -0.39 is 0 Å². The van der Waals surface area contributed by atoms with E-state index in [1.165, 1.54) is 10.6 Å². The zero-order chi connectivity index (χ0) is 18.7. The summed E-state index contributed by atoms with van der Waals surface area (Å²) in [6, 6.07) is 10.2. The van der Waals surface area contributed by atoms with Crippen LogP contribution in [-0.4, -0.2) is 20.6 Å². The van der Waals surface area contributed by atoms with Gasteiger partial charge in [-0.2, -0.15) is 4.98 Å². The highest BCUT2D eigenvalue weighted by atomic mass is 79.9. The van der Waals surface area contributed by atoms with Gasteiger partial charge in [0.25, 0.3) is 11.4 Å². The summed E-state index contributed by atoms with van der Waals surface area (Å²) < 4.78 is 7.46. The summed E-state index contributed by atoms with van der Waals surface area (Å²) in [6.45, 7) is 3.80. The topological polar surface area (TPSA) is 90.0 Å². The molecule has 26 heavy (non-hydrogen) atoms. The molecule has 0 spiro atoms. The van der Waals surface area contributed by atoms with Crippen molar-refractivity contribution in [1.29, 1.82) is 0 Å². The maximum Gasteiger partial charge on any atom is 0.259 e. The average molecular weight is 417 g/mol. The second-order valence-corrected chi connectivity index (χ2v) is 6.97. The molecule has 134 valence electrons. The number of nitrogens with one attached hydrogen (secondary N) is 1. The first kappa shape index (κ1) is 18.1. The predicted octanol–water partition coefficient (Wildman–Crippen LogP) is 3.42. The molecule has 1 N–H and O–H groups in total. The second-order valence-electron chi connectivity index (χ2n) is 6.05. The lowest BCUT2D eigenvalue weighted by atomic mass is 10.2. The standard InChI is InChI=1S/C18H17BrN4O3/c1-11(2)17-21-18(26-22-17)12-3-8-16(25)23(9-12)10-15(24)20-14-6-4-13(19)5-7-14/h3-9,11H,10H2,1-2H3,(H,20,24). The molecule has 0 atom stereocenters. The number of anilines is 1. The van der Waals surface area contributed by atoms with Gasteiger partial charge in [-0.1, -0.05) is 34.9 Å². The minimum atomic E-state index is -0.306. The first-order valence-electron chi connectivity index (χ1n) is 8.02. The number of nitrogens with zero attached hydrogens (tertiary/aromatic N) is 3. The number of hydrogen-bond acceptors (Lipinski definition) is 5. The van der Waals surface area contributed by atoms with Crippen LogP contribution in [0.1, 0.15) is 25.6 Å². The predicted molar refractivity (Wildman–Crippen MR) is 101 cm³/mol. The van der Waals surface area contributed by atoms with Gasteiger partial charge in [-0.25, -0.2) is 0 Å². The first-order valence-corrected chi connectivity index (χ1v) is 8.81. The van der Waals surface area contributed by atoms with Crippen LogP contribution < -0.4 is 10.9 Å². The van der Waals surface area contributed by atoms with Crippen molar-refractivity contribution in [2.45, 2.75) is 26.3 Å². The first-order chi connectivity index (χ1) is 12.4. The van der Waals surface area contributed by atoms with Crippen LogP contribution >= 0.6 is 15.9 Å². The van der Waals surface area contributed by atoms with Crippen LogP contribution in [-0.2, 0) is 11.3 Å². The minimum absolute atomic E-state index is 0.117. The van der Waals surface area contributed by atoms with Crippen molar-refractivity contribution in [2.24, 2.45) is 0 Å². The van der Waals surface area contributed by atoms with Gasteiger partial charge in [-0.3, -0.25) is 9.59 Å². The van der Waals surface area contributed by atoms with Gasteiger partial charge in [0.05, 0.1) is 5.56 Å². The highest BCUT2D eigenvalue weighted by Crippen LogP contribution is 2.19. The van der Waals surface area contributed by atoms with Gasteiger partial charge in [-0.15, -0.1) is 0 Å². The highest BCUT2D eigenvalue weighted by Gasteiger charge is 2.13. The molecule has 0 fully saturated rings. The van der Waals surface area contributed by atoms with Crippen LogP contribution in [0.3, 0.4) is 0 Å². The van der Waals surface area contributed by atoms with E-state index in [1.807, 2.05) is 26.0 Å². The molecule has 0 unspecified atom stereocenters. The molecule has 3 rings (SSSR count). The van der Waals surface area contributed by atoms with E-state index in [4.69, 9.17) is 4.52 Å². The van der Waals surface area contributed by atoms with Gasteiger partial charge in [0, 0.05) is 28.3 Å². The van der Waals surface area contributed by atoms with E-state index >= 15 is 0 Å². The van der Waals surface area contributed by atoms with Crippen LogP contribution in [0, 0.1) is 0 Å². The van der Waals surface area contributed by atoms with E-state index in [9.17, 15) is 9.59 Å². The molecule has 8 heteroatoms. The van der Waals surface area contributed by atoms with Crippen LogP contribution in [0.5, 0.6) is 0 Å². The molecular formula is C18H17BrN4O3. The fourth-order valence-electron chi connectivity index (χ4n) is 2.26. The van der Waals surface area contributed by atoms with Crippen molar-refractivity contribution in [2.75, 3.05) is 5.32 Å². The smallest absolute Gasteiger partial charge is 0.259 e. The number of carbonyl (C=O) groups excluding carboxylic acids is 1. The number of rotatable bonds is 5. The summed E-state index contributed by atoms with van der Waals surface area (Å²) in [5.74, 6) is 0.733. The van der Waals surface area contributed by atoms with Gasteiger partial charge < -0.3 is 14.4 Å². The molecule has 0 aliphatic heterocycles. The number of benzene rings is 1. The fraction of sp³-hybridized carbons (Fsp3) is 0.222. The van der Waals surface area contributed by atoms with Gasteiger partial charge in [-0.05, 0) is 30.3 Å². The van der Waals surface area contributed by atoms with Crippen molar-refractivity contribution < 1.29 is 9.32 Å². The minimum Gasteiger partial charge on any atom is -0.334 e. The quantitative estimate of drug-likeness (QED) is 0.687. The molecule has 2 aromatic heterocycles. The van der Waals surface area contributed by atoms with Gasteiger partial charge in [0.15, 0.2) is 5.82 Å². The molecular weight excluding hydrogens is 400 g/mol. The molecule has 3 aromatic rings. The summed E-state index contributed by atoms with van der Waals surface area (Å²) in [6.07, 6.45) is 1.54. The lowest BCUT2D eigenvalue weighted by Gasteiger charge is -2.08. The monoisotopic (exact) mass is 416 g/mol. The molecule has 0 saturated carbocycles. The number of hydrogen-bond donors (Lipinski definition) is 1. The van der Waals surface area contributed by atoms with E-state index in [0.717, 1.165) is 4.47 Å². The number of pyridine rings is 1. The third-order valence-corrected chi connectivity index (χ3v) is 4.16. The Kier molecular flexibility index (Phi) is 5.32. The molecule has 1 amide bonds. The van der Waals surface area contributed by atoms with Crippen molar-refractivity contribution >= 4 is 27.5 Å². The van der Waals surface area contributed by atoms with Crippen LogP contribution in [0.4, 0.5) is 5.69 Å². The molecule has 0 radical (unpaired) electrons. The van der Waals surface area contributed by atoms with Crippen molar-refractivity contribution in [3.05, 3.63) is 63.2 Å². The lowest BCUT2D eigenvalue weighted by molar-refractivity contribution is -0.116. The van der Waals surface area contributed by atoms with Crippen molar-refractivity contribution in [3.63, 3.8) is 0 Å². The van der Waals surface area contributed by atoms with E-state index in [0.29, 0.717) is 23.0 Å². The summed E-state index contributed by atoms with van der Waals surface area (Å²) >= 11 is 3.34. The molecule has 2 heterocycles. The maximum absolute atomic E-state index is 12.2. The molecule has 1 aromatic carbocycles. The SMILES string of the molecule is CC(C)c1noc(-c2ccc(=O)n(CC(=O)Nc3ccc(Br)cc3)c2)n1. The van der Waals surface area contributed by atoms with Gasteiger partial charge in [0.2, 0.25) is 5.91 Å². The second kappa shape index (κ2) is 7.65. The fourth-order valence-corrected chi connectivity index (χ4v) is 2.52. The third-order valence-electron chi connectivity index (χ3n) is 3.63. The molecule has 0 bridgehead atoms. The summed E-state index contributed by atoms with van der Waals surface area (Å²) in [5.41, 5.74) is 0.949. The Hall–Kier alpha value is -2.74. The number of carbonyl (C=O) groups is 1. The summed E-state index contributed by atoms with van der Waals surface area (Å²) in [5, 5.41) is 6.66. The Morgan fingerprint density at radius 2 is 1.96 bits per heavy atom. The Morgan fingerprint density at radius 1 is 1.23 bits per heavy atom. The normalized spacial score (nSPS) is 10.9. The third kappa shape index (κ3) is 4.26. The van der Waals surface area contributed by atoms with E-state index in [-0.39, 0.29) is 23.9 Å². The van der Waals surface area contributed by atoms with Gasteiger partial charge >= 0.3 is 0 Å². The van der Waals surface area contributed by atoms with Crippen LogP contribution in [0.15, 0.2) is 56.4 Å². The highest BCUT2D eigenvalue weighted by molar-refractivity contribution is 9.10. The zero-order valence-electron chi connectivity index (χ0n) is 14.3. The average Bonchev–Trinajstić information content (AvgIpc) is 3.09. The largest absolute Gasteiger partial charge is 0.334 e. The summed E-state index contributed by atoms with van der Waals surface area (Å²) in [4.78, 5) is 28.6. The number of amides is 1. The van der Waals surface area contributed by atoms with E-state index in [1.54, 1.807) is 24.4 Å². The molecule has 0 aliphatic rings. The lowest BCUT2D eigenvalue weighted by Crippen LogP contribution is -2.26. The Balaban J connectivity index is 1.77. The Labute approximate surface area is 158 Å². The number of halogens is 1. The van der Waals surface area contributed by atoms with Crippen molar-refractivity contribution in [1.82, 2.24) is 14.7 Å². The van der Waals surface area contributed by atoms with E-state index in [2.05, 4.69) is 31.4 Å². The molecule has 0 aliphatic carbocycles. The molecule has 7 nitrogen and oxygen atoms in total. The van der Waals surface area contributed by atoms with Crippen LogP contribution in [0.25, 0.3) is 11.5 Å². The Bertz CT molecular complexity index is 977. The van der Waals surface area contributed by atoms with Crippen LogP contribution in [0.2, 0.25) is 0 Å². The zero-order valence-corrected chi connectivity index (χ0v) is 15.9. The number of aromatic nitrogens is 3. The summed E-state index contributed by atoms with van der Waals surface area (Å²) in [7, 11) is 0. The van der Waals surface area contributed by atoms with Gasteiger partial charge in [0.1, 0.15) is 6.54 Å².